The molecule has 0 spiro atoms. The minimum absolute atomic E-state index is 0.237. The quantitative estimate of drug-likeness (QED) is 0.135. The van der Waals surface area contributed by atoms with Gasteiger partial charge in [-0.25, -0.2) is 9.79 Å². The van der Waals surface area contributed by atoms with Crippen molar-refractivity contribution in [3.05, 3.63) is 136 Å². The van der Waals surface area contributed by atoms with Gasteiger partial charge < -0.3 is 23.5 Å². The molecular weight excluding hydrogens is 697 g/mol. The second-order valence-corrected chi connectivity index (χ2v) is 13.3. The second kappa shape index (κ2) is 15.0. The number of methoxy groups -OCH3 is 1. The molecule has 0 saturated heterocycles. The first-order valence-corrected chi connectivity index (χ1v) is 17.6. The van der Waals surface area contributed by atoms with E-state index in [1.54, 1.807) is 28.8 Å². The highest BCUT2D eigenvalue weighted by atomic mass is 35.5. The molecule has 0 saturated carbocycles. The molecule has 1 aliphatic heterocycles. The van der Waals surface area contributed by atoms with Gasteiger partial charge in [-0.15, -0.1) is 0 Å². The Balaban J connectivity index is 1.33. The Labute approximate surface area is 303 Å². The topological polar surface area (TPSA) is 93.3 Å². The number of ether oxygens (including phenoxy) is 4. The molecule has 1 atom stereocenters. The van der Waals surface area contributed by atoms with E-state index in [9.17, 15) is 9.59 Å². The average molecular weight is 733 g/mol. The number of aromatic nitrogens is 2. The number of hydrogen-bond donors (Lipinski definition) is 0. The van der Waals surface area contributed by atoms with E-state index in [1.165, 1.54) is 24.6 Å². The fraction of sp³-hybridized carbons (Fsp3) is 0.237. The summed E-state index contributed by atoms with van der Waals surface area (Å²) in [4.78, 5) is 32.1. The van der Waals surface area contributed by atoms with Crippen molar-refractivity contribution < 1.29 is 23.7 Å². The van der Waals surface area contributed by atoms with Gasteiger partial charge in [-0.05, 0) is 105 Å². The van der Waals surface area contributed by atoms with Crippen LogP contribution >= 0.6 is 34.5 Å². The minimum atomic E-state index is -0.777. The number of thiazole rings is 1. The van der Waals surface area contributed by atoms with E-state index in [2.05, 4.69) is 9.56 Å². The van der Waals surface area contributed by atoms with Crippen molar-refractivity contribution >= 4 is 46.6 Å². The van der Waals surface area contributed by atoms with Gasteiger partial charge in [0, 0.05) is 23.3 Å². The maximum Gasteiger partial charge on any atom is 0.337 e. The van der Waals surface area contributed by atoms with Crippen LogP contribution in [-0.4, -0.2) is 35.4 Å². The van der Waals surface area contributed by atoms with Gasteiger partial charge in [0.05, 0.1) is 46.5 Å². The van der Waals surface area contributed by atoms with E-state index in [-0.39, 0.29) is 11.1 Å². The number of benzene rings is 3. The molecule has 6 rings (SSSR count). The van der Waals surface area contributed by atoms with Gasteiger partial charge in [0.15, 0.2) is 16.3 Å². The lowest BCUT2D eigenvalue weighted by molar-refractivity contribution is -0.136. The van der Waals surface area contributed by atoms with Crippen LogP contribution in [0.25, 0.3) is 11.8 Å². The third-order valence-corrected chi connectivity index (χ3v) is 9.99. The van der Waals surface area contributed by atoms with Crippen LogP contribution in [0.15, 0.2) is 88.3 Å². The van der Waals surface area contributed by atoms with Gasteiger partial charge in [0.25, 0.3) is 5.56 Å². The summed E-state index contributed by atoms with van der Waals surface area (Å²) in [6, 6.07) is 19.9. The number of carbonyl (C=O) groups excluding carboxylic acids is 1. The highest BCUT2D eigenvalue weighted by Crippen LogP contribution is 2.35. The molecule has 0 fully saturated rings. The van der Waals surface area contributed by atoms with Gasteiger partial charge in [-0.1, -0.05) is 46.7 Å². The number of carbonyl (C=O) groups is 1. The number of nitrogens with zero attached hydrogens (tertiary/aromatic N) is 3. The van der Waals surface area contributed by atoms with E-state index in [4.69, 9.17) is 42.1 Å². The number of hydrogen-bond acceptors (Lipinski definition) is 8. The largest absolute Gasteiger partial charge is 0.490 e. The Kier molecular flexibility index (Phi) is 10.5. The highest BCUT2D eigenvalue weighted by molar-refractivity contribution is 7.07. The maximum atomic E-state index is 14.2. The number of halogens is 2. The van der Waals surface area contributed by atoms with Crippen LogP contribution in [0, 0.1) is 13.8 Å². The average Bonchev–Trinajstić information content (AvgIpc) is 3.58. The van der Waals surface area contributed by atoms with Crippen LogP contribution in [0.1, 0.15) is 48.0 Å². The predicted octanol–water partition coefficient (Wildman–Crippen LogP) is 7.11. The van der Waals surface area contributed by atoms with Crippen LogP contribution in [0.3, 0.4) is 0 Å². The molecule has 5 aromatic rings. The number of aryl methyl sites for hydroxylation is 1. The summed E-state index contributed by atoms with van der Waals surface area (Å²) in [7, 11) is 1.31. The van der Waals surface area contributed by atoms with Crippen LogP contribution in [-0.2, 0) is 16.1 Å². The van der Waals surface area contributed by atoms with Crippen molar-refractivity contribution in [2.24, 2.45) is 4.99 Å². The molecule has 0 amide bonds. The van der Waals surface area contributed by atoms with Crippen molar-refractivity contribution in [3.8, 4) is 22.9 Å². The zero-order chi connectivity index (χ0) is 35.5. The molecule has 3 heterocycles. The summed E-state index contributed by atoms with van der Waals surface area (Å²) in [5, 5.41) is 0.988. The van der Waals surface area contributed by atoms with Gasteiger partial charge >= 0.3 is 5.97 Å². The van der Waals surface area contributed by atoms with Crippen LogP contribution in [0.2, 0.25) is 10.0 Å². The summed E-state index contributed by atoms with van der Waals surface area (Å²) in [6.07, 6.45) is 3.35. The Morgan fingerprint density at radius 1 is 0.920 bits per heavy atom. The highest BCUT2D eigenvalue weighted by Gasteiger charge is 2.31. The lowest BCUT2D eigenvalue weighted by atomic mass is 9.97. The molecule has 2 aromatic heterocycles. The summed E-state index contributed by atoms with van der Waals surface area (Å²) in [5.74, 6) is 1.24. The fourth-order valence-corrected chi connectivity index (χ4v) is 7.23. The minimum Gasteiger partial charge on any atom is -0.490 e. The Hall–Kier alpha value is -4.77. The molecule has 50 heavy (non-hydrogen) atoms. The SMILES string of the molecule is CCOc1ccc([C@@H]2C(C(=O)OC)=CN=c3s/c(=C/c4cc(C)n(-c5ccc(OCc6ccc(Cl)c(Cl)c6)cc5)c4C)c(=O)n32)cc1OCC. The summed E-state index contributed by atoms with van der Waals surface area (Å²) >= 11 is 13.4. The smallest absolute Gasteiger partial charge is 0.337 e. The first-order valence-electron chi connectivity index (χ1n) is 16.0. The number of rotatable bonds is 11. The summed E-state index contributed by atoms with van der Waals surface area (Å²) in [5.41, 5.74) is 5.33. The summed E-state index contributed by atoms with van der Waals surface area (Å²) in [6.45, 7) is 9.04. The molecule has 1 aliphatic rings. The molecular formula is C38H35Cl2N3O6S. The van der Waals surface area contributed by atoms with Gasteiger partial charge in [0.1, 0.15) is 12.4 Å². The van der Waals surface area contributed by atoms with Crippen molar-refractivity contribution in [3.63, 3.8) is 0 Å². The number of esters is 1. The normalized spacial score (nSPS) is 14.1. The zero-order valence-electron chi connectivity index (χ0n) is 28.2. The molecule has 0 N–H and O–H groups in total. The van der Waals surface area contributed by atoms with Gasteiger partial charge in [-0.2, -0.15) is 0 Å². The fourth-order valence-electron chi connectivity index (χ4n) is 5.95. The summed E-state index contributed by atoms with van der Waals surface area (Å²) < 4.78 is 26.8. The zero-order valence-corrected chi connectivity index (χ0v) is 30.5. The van der Waals surface area contributed by atoms with Gasteiger partial charge in [0.2, 0.25) is 0 Å². The lowest BCUT2D eigenvalue weighted by Gasteiger charge is -2.23. The first kappa shape index (κ1) is 35.1. The monoisotopic (exact) mass is 731 g/mol. The molecule has 0 radical (unpaired) electrons. The lowest BCUT2D eigenvalue weighted by Crippen LogP contribution is -2.39. The van der Waals surface area contributed by atoms with Crippen molar-refractivity contribution in [2.75, 3.05) is 20.3 Å². The van der Waals surface area contributed by atoms with E-state index >= 15 is 0 Å². The van der Waals surface area contributed by atoms with E-state index in [0.29, 0.717) is 62.0 Å². The molecule has 258 valence electrons. The standard InChI is InChI=1S/C38H35Cl2N3O6S/c1-6-47-32-15-9-25(18-33(32)48-7-2)35-29(37(45)46-5)20-41-38-43(35)36(44)34(50-38)19-26-16-22(3)42(23(26)4)27-10-12-28(13-11-27)49-21-24-8-14-30(39)31(40)17-24/h8-20,35H,6-7,21H2,1-5H3/b34-19+/t35-/m1/s1. The second-order valence-electron chi connectivity index (χ2n) is 11.4. The third kappa shape index (κ3) is 6.96. The van der Waals surface area contributed by atoms with Gasteiger partial charge in [-0.3, -0.25) is 9.36 Å². The van der Waals surface area contributed by atoms with Crippen LogP contribution in [0.4, 0.5) is 0 Å². The third-order valence-electron chi connectivity index (χ3n) is 8.25. The molecule has 9 nitrogen and oxygen atoms in total. The molecule has 12 heteroatoms. The Morgan fingerprint density at radius 2 is 1.66 bits per heavy atom. The maximum absolute atomic E-state index is 14.2. The molecule has 0 bridgehead atoms. The van der Waals surface area contributed by atoms with E-state index in [0.717, 1.165) is 28.2 Å². The van der Waals surface area contributed by atoms with Crippen molar-refractivity contribution in [1.82, 2.24) is 9.13 Å². The first-order chi connectivity index (χ1) is 24.1. The predicted molar refractivity (Wildman–Crippen MR) is 196 cm³/mol. The Bertz CT molecular complexity index is 2290. The van der Waals surface area contributed by atoms with Crippen molar-refractivity contribution in [2.45, 2.75) is 40.3 Å². The van der Waals surface area contributed by atoms with Crippen molar-refractivity contribution in [1.29, 1.82) is 0 Å². The van der Waals surface area contributed by atoms with E-state index in [1.807, 2.05) is 76.2 Å². The molecule has 0 aliphatic carbocycles. The van der Waals surface area contributed by atoms with Crippen LogP contribution in [0.5, 0.6) is 17.2 Å². The Morgan fingerprint density at radius 3 is 2.36 bits per heavy atom. The molecule has 0 unspecified atom stereocenters. The van der Waals surface area contributed by atoms with Crippen LogP contribution < -0.4 is 29.1 Å². The van der Waals surface area contributed by atoms with E-state index < -0.39 is 12.0 Å². The molecule has 3 aromatic carbocycles. The number of fused-ring (bicyclic) bond motifs is 1.